The minimum atomic E-state index is 0.0952. The first kappa shape index (κ1) is 9.04. The Labute approximate surface area is 79.3 Å². The summed E-state index contributed by atoms with van der Waals surface area (Å²) in [7, 11) is 0. The normalized spacial score (nSPS) is 10.1. The maximum atomic E-state index is 9.04. The molecular formula is C7H6Cl2OS. The molecule has 0 aliphatic carbocycles. The van der Waals surface area contributed by atoms with Gasteiger partial charge in [0, 0.05) is 4.90 Å². The van der Waals surface area contributed by atoms with Gasteiger partial charge in [-0.1, -0.05) is 23.2 Å². The molecule has 0 fully saturated rings. The molecule has 0 atom stereocenters. The van der Waals surface area contributed by atoms with Crippen LogP contribution in [0.4, 0.5) is 0 Å². The molecule has 1 aromatic rings. The van der Waals surface area contributed by atoms with Crippen molar-refractivity contribution in [1.82, 2.24) is 0 Å². The van der Waals surface area contributed by atoms with Gasteiger partial charge in [-0.2, -0.15) is 0 Å². The fraction of sp³-hybridized carbons (Fsp3) is 0.143. The Morgan fingerprint density at radius 1 is 1.27 bits per heavy atom. The van der Waals surface area contributed by atoms with Crippen LogP contribution in [-0.4, -0.2) is 11.4 Å². The highest BCUT2D eigenvalue weighted by Gasteiger charge is 2.05. The number of phenols is 1. The number of hydrogen-bond donors (Lipinski definition) is 1. The Balaban J connectivity index is 3.25. The Morgan fingerprint density at radius 2 is 1.73 bits per heavy atom. The highest BCUT2D eigenvalue weighted by atomic mass is 35.5. The summed E-state index contributed by atoms with van der Waals surface area (Å²) in [4.78, 5) is 0.797. The fourth-order valence-corrected chi connectivity index (χ4v) is 2.19. The molecule has 1 nitrogen and oxygen atoms in total. The Kier molecular flexibility index (Phi) is 2.93. The standard InChI is InChI=1S/C7H6Cl2OS/c1-11-7-5(8)2-4(10)3-6(7)9/h2-3,10H,1H3. The van der Waals surface area contributed by atoms with Crippen LogP contribution in [0.5, 0.6) is 5.75 Å². The van der Waals surface area contributed by atoms with Crippen molar-refractivity contribution in [2.24, 2.45) is 0 Å². The lowest BCUT2D eigenvalue weighted by atomic mass is 10.3. The van der Waals surface area contributed by atoms with Crippen LogP contribution < -0.4 is 0 Å². The molecule has 1 N–H and O–H groups in total. The number of thioether (sulfide) groups is 1. The van der Waals surface area contributed by atoms with E-state index in [1.54, 1.807) is 0 Å². The van der Waals surface area contributed by atoms with Crippen LogP contribution in [0.25, 0.3) is 0 Å². The summed E-state index contributed by atoms with van der Waals surface area (Å²) in [6.45, 7) is 0. The predicted molar refractivity (Wildman–Crippen MR) is 49.9 cm³/mol. The summed E-state index contributed by atoms with van der Waals surface area (Å²) in [5, 5.41) is 10.0. The lowest BCUT2D eigenvalue weighted by Crippen LogP contribution is -1.75. The third-order valence-electron chi connectivity index (χ3n) is 1.19. The Hall–Kier alpha value is -0.0500. The molecule has 0 radical (unpaired) electrons. The highest BCUT2D eigenvalue weighted by Crippen LogP contribution is 2.35. The highest BCUT2D eigenvalue weighted by molar-refractivity contribution is 7.98. The summed E-state index contributed by atoms with van der Waals surface area (Å²) in [6.07, 6.45) is 1.88. The van der Waals surface area contributed by atoms with Crippen molar-refractivity contribution in [3.63, 3.8) is 0 Å². The molecule has 1 rings (SSSR count). The van der Waals surface area contributed by atoms with E-state index in [2.05, 4.69) is 0 Å². The second kappa shape index (κ2) is 3.57. The minimum Gasteiger partial charge on any atom is -0.508 e. The number of rotatable bonds is 1. The summed E-state index contributed by atoms with van der Waals surface area (Å²) >= 11 is 13.0. The first-order valence-electron chi connectivity index (χ1n) is 2.87. The van der Waals surface area contributed by atoms with Gasteiger partial charge in [-0.05, 0) is 18.4 Å². The molecule has 0 aliphatic rings. The summed E-state index contributed by atoms with van der Waals surface area (Å²) in [5.41, 5.74) is 0. The molecule has 0 aliphatic heterocycles. The molecule has 0 unspecified atom stereocenters. The van der Waals surface area contributed by atoms with Crippen molar-refractivity contribution in [3.8, 4) is 5.75 Å². The average molecular weight is 209 g/mol. The minimum absolute atomic E-state index is 0.0952. The van der Waals surface area contributed by atoms with E-state index < -0.39 is 0 Å². The molecule has 0 heterocycles. The first-order chi connectivity index (χ1) is 5.15. The van der Waals surface area contributed by atoms with Gasteiger partial charge in [0.25, 0.3) is 0 Å². The van der Waals surface area contributed by atoms with Gasteiger partial charge in [-0.15, -0.1) is 11.8 Å². The van der Waals surface area contributed by atoms with Gasteiger partial charge in [0.2, 0.25) is 0 Å². The van der Waals surface area contributed by atoms with Crippen molar-refractivity contribution in [2.75, 3.05) is 6.26 Å². The number of hydrogen-bond acceptors (Lipinski definition) is 2. The first-order valence-corrected chi connectivity index (χ1v) is 4.85. The van der Waals surface area contributed by atoms with Crippen molar-refractivity contribution < 1.29 is 5.11 Å². The number of halogens is 2. The lowest BCUT2D eigenvalue weighted by molar-refractivity contribution is 0.475. The molecule has 0 aromatic heterocycles. The summed E-state index contributed by atoms with van der Waals surface area (Å²) in [5.74, 6) is 0.0952. The van der Waals surface area contributed by atoms with E-state index in [0.29, 0.717) is 10.0 Å². The van der Waals surface area contributed by atoms with E-state index in [1.165, 1.54) is 23.9 Å². The van der Waals surface area contributed by atoms with Crippen LogP contribution >= 0.6 is 35.0 Å². The Morgan fingerprint density at radius 3 is 2.09 bits per heavy atom. The molecule has 11 heavy (non-hydrogen) atoms. The van der Waals surface area contributed by atoms with Crippen LogP contribution in [0.1, 0.15) is 0 Å². The van der Waals surface area contributed by atoms with Crippen LogP contribution in [0.15, 0.2) is 17.0 Å². The zero-order valence-corrected chi connectivity index (χ0v) is 8.09. The largest absolute Gasteiger partial charge is 0.508 e. The van der Waals surface area contributed by atoms with Gasteiger partial charge in [-0.25, -0.2) is 0 Å². The van der Waals surface area contributed by atoms with Crippen LogP contribution in [0, 0.1) is 0 Å². The topological polar surface area (TPSA) is 20.2 Å². The molecule has 4 heteroatoms. The molecule has 0 spiro atoms. The van der Waals surface area contributed by atoms with Gasteiger partial charge in [0.1, 0.15) is 5.75 Å². The van der Waals surface area contributed by atoms with Crippen molar-refractivity contribution in [3.05, 3.63) is 22.2 Å². The second-order valence-corrected chi connectivity index (χ2v) is 3.57. The maximum absolute atomic E-state index is 9.04. The van der Waals surface area contributed by atoms with Crippen LogP contribution in [0.3, 0.4) is 0 Å². The lowest BCUT2D eigenvalue weighted by Gasteiger charge is -2.03. The monoisotopic (exact) mass is 208 g/mol. The Bertz CT molecular complexity index is 252. The van der Waals surface area contributed by atoms with E-state index in [0.717, 1.165) is 4.90 Å². The smallest absolute Gasteiger partial charge is 0.118 e. The molecule has 0 saturated carbocycles. The van der Waals surface area contributed by atoms with Crippen molar-refractivity contribution >= 4 is 35.0 Å². The molecular weight excluding hydrogens is 203 g/mol. The number of aromatic hydroxyl groups is 1. The molecule has 0 saturated heterocycles. The van der Waals surface area contributed by atoms with Gasteiger partial charge in [0.15, 0.2) is 0 Å². The van der Waals surface area contributed by atoms with E-state index >= 15 is 0 Å². The zero-order chi connectivity index (χ0) is 8.43. The molecule has 0 amide bonds. The zero-order valence-electron chi connectivity index (χ0n) is 5.77. The van der Waals surface area contributed by atoms with Crippen LogP contribution in [0.2, 0.25) is 10.0 Å². The summed E-state index contributed by atoms with van der Waals surface area (Å²) in [6, 6.07) is 2.94. The van der Waals surface area contributed by atoms with E-state index in [4.69, 9.17) is 28.3 Å². The van der Waals surface area contributed by atoms with Gasteiger partial charge >= 0.3 is 0 Å². The number of phenolic OH excluding ortho intramolecular Hbond substituents is 1. The van der Waals surface area contributed by atoms with Crippen molar-refractivity contribution in [2.45, 2.75) is 4.90 Å². The van der Waals surface area contributed by atoms with Crippen LogP contribution in [-0.2, 0) is 0 Å². The van der Waals surface area contributed by atoms with E-state index in [9.17, 15) is 0 Å². The van der Waals surface area contributed by atoms with Gasteiger partial charge < -0.3 is 5.11 Å². The SMILES string of the molecule is CSc1c(Cl)cc(O)cc1Cl. The third kappa shape index (κ3) is 1.95. The van der Waals surface area contributed by atoms with Gasteiger partial charge in [0.05, 0.1) is 10.0 Å². The molecule has 1 aromatic carbocycles. The quantitative estimate of drug-likeness (QED) is 0.715. The predicted octanol–water partition coefficient (Wildman–Crippen LogP) is 3.42. The average Bonchev–Trinajstić information content (AvgIpc) is 1.85. The maximum Gasteiger partial charge on any atom is 0.118 e. The fourth-order valence-electron chi connectivity index (χ4n) is 0.742. The number of benzene rings is 1. The van der Waals surface area contributed by atoms with E-state index in [1.807, 2.05) is 6.26 Å². The van der Waals surface area contributed by atoms with Gasteiger partial charge in [-0.3, -0.25) is 0 Å². The molecule has 0 bridgehead atoms. The second-order valence-electron chi connectivity index (χ2n) is 1.94. The summed E-state index contributed by atoms with van der Waals surface area (Å²) < 4.78 is 0. The van der Waals surface area contributed by atoms with E-state index in [-0.39, 0.29) is 5.75 Å². The van der Waals surface area contributed by atoms with Crippen molar-refractivity contribution in [1.29, 1.82) is 0 Å². The molecule has 60 valence electrons. The third-order valence-corrected chi connectivity index (χ3v) is 2.86.